The molecule has 0 aliphatic rings. The van der Waals surface area contributed by atoms with E-state index in [-0.39, 0.29) is 11.7 Å². The molecule has 110 valence electrons. The van der Waals surface area contributed by atoms with Crippen LogP contribution in [-0.4, -0.2) is 29.3 Å². The first kappa shape index (κ1) is 14.9. The highest BCUT2D eigenvalue weighted by molar-refractivity contribution is 5.93. The van der Waals surface area contributed by atoms with Crippen LogP contribution in [0.4, 0.5) is 4.39 Å². The van der Waals surface area contributed by atoms with E-state index in [0.717, 1.165) is 12.8 Å². The summed E-state index contributed by atoms with van der Waals surface area (Å²) in [6.07, 6.45) is 4.50. The Morgan fingerprint density at radius 1 is 1.14 bits per heavy atom. The van der Waals surface area contributed by atoms with E-state index in [4.69, 9.17) is 4.74 Å². The van der Waals surface area contributed by atoms with Gasteiger partial charge in [0.15, 0.2) is 0 Å². The molecule has 0 saturated heterocycles. The number of benzene rings is 1. The Kier molecular flexibility index (Phi) is 5.63. The van der Waals surface area contributed by atoms with Crippen molar-refractivity contribution in [2.75, 3.05) is 13.2 Å². The van der Waals surface area contributed by atoms with Gasteiger partial charge in [0.2, 0.25) is 0 Å². The molecule has 1 amide bonds. The van der Waals surface area contributed by atoms with Crippen LogP contribution in [0.1, 0.15) is 23.2 Å². The normalized spacial score (nSPS) is 10.1. The summed E-state index contributed by atoms with van der Waals surface area (Å²) in [6.45, 7) is 1.09. The number of carbonyl (C=O) groups excluding carboxylic acids is 1. The largest absolute Gasteiger partial charge is 0.494 e. The molecule has 1 N–H and O–H groups in total. The lowest BCUT2D eigenvalue weighted by molar-refractivity contribution is 0.0951. The lowest BCUT2D eigenvalue weighted by atomic mass is 10.2. The number of nitrogens with one attached hydrogen (secondary N) is 1. The second kappa shape index (κ2) is 7.94. The van der Waals surface area contributed by atoms with Crippen molar-refractivity contribution in [3.63, 3.8) is 0 Å². The molecule has 0 aliphatic carbocycles. The monoisotopic (exact) mass is 289 g/mol. The standard InChI is InChI=1S/C15H16FN3O2/c16-13-3-5-14(6-4-13)21-10-2-1-8-17-15(20)12-7-9-18-19-11-12/h3-7,9,11H,1-2,8,10H2,(H,17,20). The van der Waals surface area contributed by atoms with E-state index >= 15 is 0 Å². The Morgan fingerprint density at radius 3 is 2.67 bits per heavy atom. The first-order valence-electron chi connectivity index (χ1n) is 6.69. The summed E-state index contributed by atoms with van der Waals surface area (Å²) in [4.78, 5) is 11.7. The van der Waals surface area contributed by atoms with Crippen LogP contribution in [-0.2, 0) is 0 Å². The van der Waals surface area contributed by atoms with E-state index in [1.165, 1.54) is 24.5 Å². The fraction of sp³-hybridized carbons (Fsp3) is 0.267. The van der Waals surface area contributed by atoms with Gasteiger partial charge in [-0.2, -0.15) is 10.2 Å². The van der Waals surface area contributed by atoms with E-state index in [2.05, 4.69) is 15.5 Å². The molecular formula is C15H16FN3O2. The van der Waals surface area contributed by atoms with Crippen LogP contribution in [0, 0.1) is 5.82 Å². The maximum atomic E-state index is 12.7. The Hall–Kier alpha value is -2.50. The summed E-state index contributed by atoms with van der Waals surface area (Å²) in [5.41, 5.74) is 0.493. The van der Waals surface area contributed by atoms with Gasteiger partial charge in [-0.1, -0.05) is 0 Å². The van der Waals surface area contributed by atoms with Gasteiger partial charge in [0.05, 0.1) is 24.6 Å². The quantitative estimate of drug-likeness (QED) is 0.794. The number of nitrogens with zero attached hydrogens (tertiary/aromatic N) is 2. The molecule has 0 fully saturated rings. The minimum absolute atomic E-state index is 0.163. The first-order valence-corrected chi connectivity index (χ1v) is 6.69. The summed E-state index contributed by atoms with van der Waals surface area (Å²) in [5.74, 6) is 0.198. The number of amides is 1. The van der Waals surface area contributed by atoms with Crippen LogP contribution in [0.3, 0.4) is 0 Å². The SMILES string of the molecule is O=C(NCCCCOc1ccc(F)cc1)c1ccnnc1. The second-order valence-electron chi connectivity index (χ2n) is 4.40. The molecule has 2 aromatic rings. The number of ether oxygens (including phenoxy) is 1. The van der Waals surface area contributed by atoms with Gasteiger partial charge >= 0.3 is 0 Å². The average Bonchev–Trinajstić information content (AvgIpc) is 2.53. The number of aromatic nitrogens is 2. The molecular weight excluding hydrogens is 273 g/mol. The van der Waals surface area contributed by atoms with E-state index in [1.807, 2.05) is 0 Å². The third-order valence-corrected chi connectivity index (χ3v) is 2.79. The van der Waals surface area contributed by atoms with Gasteiger partial charge in [0, 0.05) is 6.54 Å². The third-order valence-electron chi connectivity index (χ3n) is 2.79. The van der Waals surface area contributed by atoms with Gasteiger partial charge in [0.1, 0.15) is 11.6 Å². The van der Waals surface area contributed by atoms with E-state index < -0.39 is 0 Å². The van der Waals surface area contributed by atoms with Gasteiger partial charge < -0.3 is 10.1 Å². The zero-order valence-corrected chi connectivity index (χ0v) is 11.5. The van der Waals surface area contributed by atoms with E-state index in [0.29, 0.717) is 24.5 Å². The average molecular weight is 289 g/mol. The molecule has 2 rings (SSSR count). The number of hydrogen-bond acceptors (Lipinski definition) is 4. The highest BCUT2D eigenvalue weighted by Crippen LogP contribution is 2.11. The summed E-state index contributed by atoms with van der Waals surface area (Å²) in [7, 11) is 0. The predicted octanol–water partition coefficient (Wildman–Crippen LogP) is 2.20. The summed E-state index contributed by atoms with van der Waals surface area (Å²) in [6, 6.07) is 7.51. The van der Waals surface area contributed by atoms with Gasteiger partial charge in [-0.15, -0.1) is 0 Å². The van der Waals surface area contributed by atoms with Crippen LogP contribution in [0.15, 0.2) is 42.7 Å². The number of halogens is 1. The molecule has 1 aromatic heterocycles. The molecule has 0 saturated carbocycles. The van der Waals surface area contributed by atoms with Crippen LogP contribution >= 0.6 is 0 Å². The van der Waals surface area contributed by atoms with E-state index in [9.17, 15) is 9.18 Å². The Bertz CT molecular complexity index is 561. The fourth-order valence-electron chi connectivity index (χ4n) is 1.68. The van der Waals surface area contributed by atoms with Gasteiger partial charge in [-0.3, -0.25) is 4.79 Å². The van der Waals surface area contributed by atoms with E-state index in [1.54, 1.807) is 18.2 Å². The van der Waals surface area contributed by atoms with Crippen LogP contribution in [0.5, 0.6) is 5.75 Å². The lowest BCUT2D eigenvalue weighted by Crippen LogP contribution is -2.24. The van der Waals surface area contributed by atoms with Crippen molar-refractivity contribution in [2.24, 2.45) is 0 Å². The summed E-state index contributed by atoms with van der Waals surface area (Å²) in [5, 5.41) is 10.1. The van der Waals surface area contributed by atoms with Gasteiger partial charge in [-0.05, 0) is 43.2 Å². The maximum Gasteiger partial charge on any atom is 0.252 e. The second-order valence-corrected chi connectivity index (χ2v) is 4.40. The minimum Gasteiger partial charge on any atom is -0.494 e. The zero-order chi connectivity index (χ0) is 14.9. The first-order chi connectivity index (χ1) is 10.3. The number of hydrogen-bond donors (Lipinski definition) is 1. The molecule has 0 spiro atoms. The van der Waals surface area contributed by atoms with Gasteiger partial charge in [-0.25, -0.2) is 4.39 Å². The molecule has 0 radical (unpaired) electrons. The molecule has 1 heterocycles. The summed E-state index contributed by atoms with van der Waals surface area (Å²) >= 11 is 0. The minimum atomic E-state index is -0.282. The molecule has 0 atom stereocenters. The topological polar surface area (TPSA) is 64.1 Å². The summed E-state index contributed by atoms with van der Waals surface area (Å²) < 4.78 is 18.1. The number of unbranched alkanes of at least 4 members (excludes halogenated alkanes) is 1. The Labute approximate surface area is 122 Å². The van der Waals surface area contributed by atoms with Crippen molar-refractivity contribution in [1.82, 2.24) is 15.5 Å². The van der Waals surface area contributed by atoms with Crippen molar-refractivity contribution in [3.8, 4) is 5.75 Å². The van der Waals surface area contributed by atoms with Crippen LogP contribution in [0.25, 0.3) is 0 Å². The van der Waals surface area contributed by atoms with Crippen LogP contribution < -0.4 is 10.1 Å². The number of rotatable bonds is 7. The van der Waals surface area contributed by atoms with Crippen molar-refractivity contribution in [3.05, 3.63) is 54.1 Å². The molecule has 1 aromatic carbocycles. The fourth-order valence-corrected chi connectivity index (χ4v) is 1.68. The van der Waals surface area contributed by atoms with Crippen molar-refractivity contribution in [1.29, 1.82) is 0 Å². The maximum absolute atomic E-state index is 12.7. The number of carbonyl (C=O) groups is 1. The zero-order valence-electron chi connectivity index (χ0n) is 11.5. The Morgan fingerprint density at radius 2 is 1.95 bits per heavy atom. The molecule has 5 nitrogen and oxygen atoms in total. The molecule has 0 unspecified atom stereocenters. The third kappa shape index (κ3) is 5.18. The molecule has 6 heteroatoms. The molecule has 0 aliphatic heterocycles. The lowest BCUT2D eigenvalue weighted by Gasteiger charge is -2.07. The predicted molar refractivity (Wildman–Crippen MR) is 75.5 cm³/mol. The van der Waals surface area contributed by atoms with Crippen LogP contribution in [0.2, 0.25) is 0 Å². The van der Waals surface area contributed by atoms with Crippen molar-refractivity contribution < 1.29 is 13.9 Å². The smallest absolute Gasteiger partial charge is 0.252 e. The Balaban J connectivity index is 1.58. The highest BCUT2D eigenvalue weighted by atomic mass is 19.1. The molecule has 21 heavy (non-hydrogen) atoms. The molecule has 0 bridgehead atoms. The van der Waals surface area contributed by atoms with Gasteiger partial charge in [0.25, 0.3) is 5.91 Å². The van der Waals surface area contributed by atoms with Crippen molar-refractivity contribution >= 4 is 5.91 Å². The highest BCUT2D eigenvalue weighted by Gasteiger charge is 2.03. The van der Waals surface area contributed by atoms with Crippen molar-refractivity contribution in [2.45, 2.75) is 12.8 Å².